The molecule has 1 fully saturated rings. The molecule has 0 spiro atoms. The highest BCUT2D eigenvalue weighted by molar-refractivity contribution is 5.84. The largest absolute Gasteiger partial charge is 0.350 e. The molecular weight excluding hydrogens is 251 g/mol. The molecule has 2 nitrogen and oxygen atoms in total. The molecule has 0 amide bonds. The van der Waals surface area contributed by atoms with Crippen LogP contribution in [0, 0.1) is 11.7 Å². The number of aryl methyl sites for hydroxylation is 1. The maximum atomic E-state index is 13.6. The van der Waals surface area contributed by atoms with E-state index in [1.54, 1.807) is 6.07 Å². The lowest BCUT2D eigenvalue weighted by atomic mass is 9.77. The van der Waals surface area contributed by atoms with E-state index in [4.69, 9.17) is 5.73 Å². The van der Waals surface area contributed by atoms with E-state index in [0.29, 0.717) is 18.4 Å². The summed E-state index contributed by atoms with van der Waals surface area (Å²) in [6, 6.07) is 5.06. The van der Waals surface area contributed by atoms with Crippen LogP contribution in [0.5, 0.6) is 0 Å². The molecule has 0 radical (unpaired) electrons. The molecule has 1 unspecified atom stereocenters. The van der Waals surface area contributed by atoms with Gasteiger partial charge < -0.3 is 10.3 Å². The van der Waals surface area contributed by atoms with Crippen molar-refractivity contribution >= 4 is 10.9 Å². The molecule has 1 saturated carbocycles. The van der Waals surface area contributed by atoms with Crippen LogP contribution < -0.4 is 5.73 Å². The highest BCUT2D eigenvalue weighted by Crippen LogP contribution is 2.38. The maximum Gasteiger partial charge on any atom is 0.123 e. The Morgan fingerprint density at radius 2 is 2.05 bits per heavy atom. The first kappa shape index (κ1) is 13.6. The minimum Gasteiger partial charge on any atom is -0.350 e. The first-order valence-corrected chi connectivity index (χ1v) is 7.65. The molecule has 0 bridgehead atoms. The Hall–Kier alpha value is -1.35. The van der Waals surface area contributed by atoms with E-state index >= 15 is 0 Å². The van der Waals surface area contributed by atoms with Crippen LogP contribution in [0.15, 0.2) is 24.4 Å². The van der Waals surface area contributed by atoms with E-state index in [2.05, 4.69) is 10.8 Å². The van der Waals surface area contributed by atoms with Crippen molar-refractivity contribution in [2.24, 2.45) is 18.7 Å². The van der Waals surface area contributed by atoms with Crippen molar-refractivity contribution in [3.05, 3.63) is 35.8 Å². The number of fused-ring (bicyclic) bond motifs is 1. The lowest BCUT2D eigenvalue weighted by Gasteiger charge is -2.29. The predicted octanol–water partition coefficient (Wildman–Crippen LogP) is 3.94. The summed E-state index contributed by atoms with van der Waals surface area (Å²) in [5, 5.41) is 1.04. The predicted molar refractivity (Wildman–Crippen MR) is 81.2 cm³/mol. The van der Waals surface area contributed by atoms with Crippen molar-refractivity contribution < 1.29 is 4.39 Å². The van der Waals surface area contributed by atoms with Gasteiger partial charge in [0, 0.05) is 30.1 Å². The van der Waals surface area contributed by atoms with E-state index < -0.39 is 0 Å². The Morgan fingerprint density at radius 1 is 1.30 bits per heavy atom. The summed E-state index contributed by atoms with van der Waals surface area (Å²) < 4.78 is 15.7. The Balaban J connectivity index is 2.04. The third kappa shape index (κ3) is 2.35. The summed E-state index contributed by atoms with van der Waals surface area (Å²) in [5.41, 5.74) is 8.40. The minimum atomic E-state index is -0.163. The number of benzene rings is 1. The van der Waals surface area contributed by atoms with Crippen molar-refractivity contribution in [3.8, 4) is 0 Å². The van der Waals surface area contributed by atoms with Crippen molar-refractivity contribution in [1.82, 2.24) is 4.57 Å². The van der Waals surface area contributed by atoms with Crippen molar-refractivity contribution in [2.45, 2.75) is 38.0 Å². The smallest absolute Gasteiger partial charge is 0.123 e. The Bertz CT molecular complexity index is 596. The van der Waals surface area contributed by atoms with E-state index in [0.717, 1.165) is 10.9 Å². The third-order valence-corrected chi connectivity index (χ3v) is 4.85. The second-order valence-corrected chi connectivity index (χ2v) is 6.10. The Morgan fingerprint density at radius 3 is 2.75 bits per heavy atom. The van der Waals surface area contributed by atoms with E-state index in [9.17, 15) is 4.39 Å². The molecule has 2 aromatic rings. The summed E-state index contributed by atoms with van der Waals surface area (Å²) in [7, 11) is 2.03. The molecule has 1 aliphatic carbocycles. The number of nitrogens with two attached hydrogens (primary N) is 1. The molecule has 20 heavy (non-hydrogen) atoms. The molecule has 1 aromatic carbocycles. The van der Waals surface area contributed by atoms with Crippen LogP contribution >= 0.6 is 0 Å². The van der Waals surface area contributed by atoms with Crippen molar-refractivity contribution in [3.63, 3.8) is 0 Å². The number of halogens is 1. The summed E-state index contributed by atoms with van der Waals surface area (Å²) >= 11 is 0. The van der Waals surface area contributed by atoms with Crippen LogP contribution in [0.2, 0.25) is 0 Å². The van der Waals surface area contributed by atoms with Crippen LogP contribution in [0.4, 0.5) is 4.39 Å². The summed E-state index contributed by atoms with van der Waals surface area (Å²) in [6.07, 6.45) is 8.62. The highest BCUT2D eigenvalue weighted by atomic mass is 19.1. The molecule has 0 saturated heterocycles. The Labute approximate surface area is 119 Å². The maximum absolute atomic E-state index is 13.6. The number of hydrogen-bond donors (Lipinski definition) is 1. The van der Waals surface area contributed by atoms with Gasteiger partial charge in [0.05, 0.1) is 0 Å². The second kappa shape index (κ2) is 5.57. The van der Waals surface area contributed by atoms with Gasteiger partial charge in [-0.3, -0.25) is 0 Å². The van der Waals surface area contributed by atoms with Gasteiger partial charge in [0.15, 0.2) is 0 Å². The van der Waals surface area contributed by atoms with E-state index in [1.807, 2.05) is 13.1 Å². The van der Waals surface area contributed by atoms with Gasteiger partial charge in [0.2, 0.25) is 0 Å². The third-order valence-electron chi connectivity index (χ3n) is 4.85. The quantitative estimate of drug-likeness (QED) is 0.903. The molecule has 1 aliphatic rings. The molecule has 3 rings (SSSR count). The lowest BCUT2D eigenvalue weighted by molar-refractivity contribution is 0.308. The van der Waals surface area contributed by atoms with Gasteiger partial charge in [-0.05, 0) is 49.1 Å². The lowest BCUT2D eigenvalue weighted by Crippen LogP contribution is -2.23. The van der Waals surface area contributed by atoms with Gasteiger partial charge in [-0.15, -0.1) is 0 Å². The van der Waals surface area contributed by atoms with Gasteiger partial charge in [-0.2, -0.15) is 0 Å². The van der Waals surface area contributed by atoms with E-state index in [-0.39, 0.29) is 5.82 Å². The number of hydrogen-bond acceptors (Lipinski definition) is 1. The fourth-order valence-corrected chi connectivity index (χ4v) is 3.80. The monoisotopic (exact) mass is 274 g/mol. The highest BCUT2D eigenvalue weighted by Gasteiger charge is 2.26. The second-order valence-electron chi connectivity index (χ2n) is 6.10. The number of rotatable bonds is 3. The number of aromatic nitrogens is 1. The zero-order chi connectivity index (χ0) is 14.1. The van der Waals surface area contributed by atoms with E-state index in [1.165, 1.54) is 43.7 Å². The summed E-state index contributed by atoms with van der Waals surface area (Å²) in [6.45, 7) is 0.653. The van der Waals surface area contributed by atoms with Gasteiger partial charge >= 0.3 is 0 Å². The topological polar surface area (TPSA) is 30.9 Å². The zero-order valence-electron chi connectivity index (χ0n) is 12.1. The molecule has 2 N–H and O–H groups in total. The molecular formula is C17H23FN2. The number of nitrogens with zero attached hydrogens (tertiary/aromatic N) is 1. The molecule has 108 valence electrons. The molecule has 1 atom stereocenters. The SMILES string of the molecule is Cn1cc(C(CN)C2CCCCC2)c2cc(F)ccc21. The summed E-state index contributed by atoms with van der Waals surface area (Å²) in [5.74, 6) is 0.854. The van der Waals surface area contributed by atoms with Crippen molar-refractivity contribution in [1.29, 1.82) is 0 Å². The fraction of sp³-hybridized carbons (Fsp3) is 0.529. The molecule has 0 aliphatic heterocycles. The van der Waals surface area contributed by atoms with Crippen LogP contribution in [0.1, 0.15) is 43.6 Å². The van der Waals surface area contributed by atoms with Crippen molar-refractivity contribution in [2.75, 3.05) is 6.54 Å². The van der Waals surface area contributed by atoms with Gasteiger partial charge in [0.25, 0.3) is 0 Å². The zero-order valence-corrected chi connectivity index (χ0v) is 12.1. The van der Waals surface area contributed by atoms with Crippen LogP contribution in [0.3, 0.4) is 0 Å². The fourth-order valence-electron chi connectivity index (χ4n) is 3.80. The minimum absolute atomic E-state index is 0.163. The first-order chi connectivity index (χ1) is 9.70. The Kier molecular flexibility index (Phi) is 3.79. The van der Waals surface area contributed by atoms with Gasteiger partial charge in [-0.1, -0.05) is 19.3 Å². The van der Waals surface area contributed by atoms with Crippen LogP contribution in [0.25, 0.3) is 10.9 Å². The van der Waals surface area contributed by atoms with Crippen LogP contribution in [-0.4, -0.2) is 11.1 Å². The normalized spacial score (nSPS) is 18.6. The molecule has 1 heterocycles. The molecule has 1 aromatic heterocycles. The standard InChI is InChI=1S/C17H23FN2/c1-20-11-16(14-9-13(18)7-8-17(14)20)15(10-19)12-5-3-2-4-6-12/h7-9,11-12,15H,2-6,10,19H2,1H3. The average molecular weight is 274 g/mol. The summed E-state index contributed by atoms with van der Waals surface area (Å²) in [4.78, 5) is 0. The van der Waals surface area contributed by atoms with Crippen LogP contribution in [-0.2, 0) is 7.05 Å². The van der Waals surface area contributed by atoms with Gasteiger partial charge in [0.1, 0.15) is 5.82 Å². The first-order valence-electron chi connectivity index (χ1n) is 7.65. The van der Waals surface area contributed by atoms with Gasteiger partial charge in [-0.25, -0.2) is 4.39 Å². The average Bonchev–Trinajstić information content (AvgIpc) is 2.78. The molecule has 3 heteroatoms.